The molecule has 37 heavy (non-hydrogen) atoms. The second-order valence-electron chi connectivity index (χ2n) is 9.46. The van der Waals surface area contributed by atoms with E-state index in [0.717, 1.165) is 22.9 Å². The van der Waals surface area contributed by atoms with Crippen LogP contribution in [0.25, 0.3) is 10.9 Å². The number of carbonyl (C=O) groups excluding carboxylic acids is 3. The zero-order valence-corrected chi connectivity index (χ0v) is 20.2. The predicted molar refractivity (Wildman–Crippen MR) is 132 cm³/mol. The van der Waals surface area contributed by atoms with Crippen molar-refractivity contribution in [3.8, 4) is 0 Å². The summed E-state index contributed by atoms with van der Waals surface area (Å²) in [4.78, 5) is 67.0. The first-order valence-corrected chi connectivity index (χ1v) is 12.4. The molecule has 0 aliphatic carbocycles. The minimum absolute atomic E-state index is 0.0509. The first-order valence-electron chi connectivity index (χ1n) is 12.4. The summed E-state index contributed by atoms with van der Waals surface area (Å²) in [6.45, 7) is 0.883. The number of aliphatic carboxylic acids is 2. The van der Waals surface area contributed by atoms with Crippen LogP contribution in [0.1, 0.15) is 37.7 Å². The van der Waals surface area contributed by atoms with E-state index in [1.165, 1.54) is 4.90 Å². The lowest BCUT2D eigenvalue weighted by molar-refractivity contribution is -0.149. The van der Waals surface area contributed by atoms with Crippen LogP contribution in [0.5, 0.6) is 0 Å². The standard InChI is InChI=1S/C25H31N5O7/c31-21(32)12-18(28-22(33)17-7-3-9-26-17)23(34)29-19(24(35)30-10-4-8-20(30)25(36)37)11-14-13-27-16-6-2-1-5-15(14)16/h1-2,5-6,13,17-20,26-27H,3-4,7-12H2,(H,28,33)(H,29,34)(H,31,32)(H,36,37). The van der Waals surface area contributed by atoms with E-state index in [1.54, 1.807) is 6.20 Å². The minimum atomic E-state index is -1.40. The quantitative estimate of drug-likeness (QED) is 0.256. The number of carbonyl (C=O) groups is 5. The maximum absolute atomic E-state index is 13.6. The van der Waals surface area contributed by atoms with Gasteiger partial charge in [0.25, 0.3) is 0 Å². The van der Waals surface area contributed by atoms with Crippen LogP contribution in [0.15, 0.2) is 30.5 Å². The molecule has 3 amide bonds. The summed E-state index contributed by atoms with van der Waals surface area (Å²) in [6, 6.07) is 3.33. The Morgan fingerprint density at radius 2 is 1.81 bits per heavy atom. The first-order chi connectivity index (χ1) is 17.7. The first kappa shape index (κ1) is 26.1. The fourth-order valence-electron chi connectivity index (χ4n) is 5.04. The van der Waals surface area contributed by atoms with Crippen molar-refractivity contribution in [1.82, 2.24) is 25.8 Å². The van der Waals surface area contributed by atoms with Crippen LogP contribution in [0.4, 0.5) is 0 Å². The van der Waals surface area contributed by atoms with Gasteiger partial charge in [-0.1, -0.05) is 18.2 Å². The fraction of sp³-hybridized carbons (Fsp3) is 0.480. The van der Waals surface area contributed by atoms with E-state index in [1.807, 2.05) is 24.3 Å². The van der Waals surface area contributed by atoms with Gasteiger partial charge in [0.2, 0.25) is 17.7 Å². The molecule has 4 rings (SSSR count). The third kappa shape index (κ3) is 6.08. The van der Waals surface area contributed by atoms with Gasteiger partial charge in [-0.2, -0.15) is 0 Å². The Morgan fingerprint density at radius 1 is 1.03 bits per heavy atom. The van der Waals surface area contributed by atoms with Crippen LogP contribution in [-0.2, 0) is 30.4 Å². The van der Waals surface area contributed by atoms with Gasteiger partial charge in [0.05, 0.1) is 12.5 Å². The lowest BCUT2D eigenvalue weighted by atomic mass is 10.0. The average molecular weight is 514 g/mol. The van der Waals surface area contributed by atoms with E-state index in [2.05, 4.69) is 20.9 Å². The number of benzene rings is 1. The number of nitrogens with zero attached hydrogens (tertiary/aromatic N) is 1. The maximum Gasteiger partial charge on any atom is 0.326 e. The average Bonchev–Trinajstić information content (AvgIpc) is 3.63. The van der Waals surface area contributed by atoms with Crippen molar-refractivity contribution in [2.45, 2.75) is 62.7 Å². The van der Waals surface area contributed by atoms with Crippen molar-refractivity contribution in [2.24, 2.45) is 0 Å². The van der Waals surface area contributed by atoms with Crippen molar-refractivity contribution in [1.29, 1.82) is 0 Å². The van der Waals surface area contributed by atoms with Crippen LogP contribution in [0.3, 0.4) is 0 Å². The molecule has 198 valence electrons. The molecule has 2 fully saturated rings. The molecule has 1 aromatic heterocycles. The van der Waals surface area contributed by atoms with E-state index in [-0.39, 0.29) is 13.0 Å². The molecule has 3 heterocycles. The van der Waals surface area contributed by atoms with Gasteiger partial charge < -0.3 is 36.0 Å². The predicted octanol–water partition coefficient (Wildman–Crippen LogP) is -0.0177. The van der Waals surface area contributed by atoms with Gasteiger partial charge >= 0.3 is 11.9 Å². The topological polar surface area (TPSA) is 181 Å². The molecule has 4 atom stereocenters. The number of aromatic amines is 1. The number of hydrogen-bond donors (Lipinski definition) is 6. The molecule has 4 unspecified atom stereocenters. The molecule has 2 saturated heterocycles. The molecule has 6 N–H and O–H groups in total. The van der Waals surface area contributed by atoms with Gasteiger partial charge in [-0.25, -0.2) is 4.79 Å². The summed E-state index contributed by atoms with van der Waals surface area (Å²) in [5.41, 5.74) is 1.56. The molecule has 2 aromatic rings. The summed E-state index contributed by atoms with van der Waals surface area (Å²) in [7, 11) is 0. The van der Waals surface area contributed by atoms with Crippen molar-refractivity contribution in [3.05, 3.63) is 36.0 Å². The number of para-hydroxylation sites is 1. The Hall–Kier alpha value is -3.93. The Morgan fingerprint density at radius 3 is 2.51 bits per heavy atom. The van der Waals surface area contributed by atoms with Crippen LogP contribution < -0.4 is 16.0 Å². The molecule has 2 aliphatic heterocycles. The highest BCUT2D eigenvalue weighted by Gasteiger charge is 2.39. The molecule has 1 aromatic carbocycles. The molecule has 12 heteroatoms. The molecule has 0 bridgehead atoms. The van der Waals surface area contributed by atoms with Gasteiger partial charge in [-0.15, -0.1) is 0 Å². The van der Waals surface area contributed by atoms with E-state index in [4.69, 9.17) is 0 Å². The Kier molecular flexibility index (Phi) is 8.07. The molecule has 0 spiro atoms. The molecule has 0 saturated carbocycles. The van der Waals surface area contributed by atoms with Gasteiger partial charge in [0, 0.05) is 30.1 Å². The number of carboxylic acid groups (broad SMARTS) is 2. The third-order valence-electron chi connectivity index (χ3n) is 6.92. The number of likely N-dealkylation sites (tertiary alicyclic amines) is 1. The monoisotopic (exact) mass is 513 g/mol. The smallest absolute Gasteiger partial charge is 0.326 e. The summed E-state index contributed by atoms with van der Waals surface area (Å²) in [5, 5.41) is 27.9. The van der Waals surface area contributed by atoms with Gasteiger partial charge in [-0.05, 0) is 43.9 Å². The SMILES string of the molecule is O=C(O)CC(NC(=O)C1CCCN1)C(=O)NC(Cc1c[nH]c2ccccc12)C(=O)N1CCCC1C(=O)O. The van der Waals surface area contributed by atoms with Crippen molar-refractivity contribution in [3.63, 3.8) is 0 Å². The van der Waals surface area contributed by atoms with E-state index < -0.39 is 60.2 Å². The van der Waals surface area contributed by atoms with Gasteiger partial charge in [-0.3, -0.25) is 19.2 Å². The number of fused-ring (bicyclic) bond motifs is 1. The van der Waals surface area contributed by atoms with Crippen molar-refractivity contribution in [2.75, 3.05) is 13.1 Å². The lowest BCUT2D eigenvalue weighted by Gasteiger charge is -2.28. The second kappa shape index (κ2) is 11.4. The highest BCUT2D eigenvalue weighted by molar-refractivity contribution is 5.96. The van der Waals surface area contributed by atoms with E-state index >= 15 is 0 Å². The maximum atomic E-state index is 13.6. The zero-order chi connectivity index (χ0) is 26.5. The Balaban J connectivity index is 1.57. The second-order valence-corrected chi connectivity index (χ2v) is 9.46. The molecular formula is C25H31N5O7. The van der Waals surface area contributed by atoms with Crippen molar-refractivity contribution < 1.29 is 34.2 Å². The highest BCUT2D eigenvalue weighted by Crippen LogP contribution is 2.23. The van der Waals surface area contributed by atoms with Crippen LogP contribution in [-0.4, -0.2) is 87.0 Å². The normalized spacial score (nSPS) is 20.9. The Bertz CT molecular complexity index is 1190. The lowest BCUT2D eigenvalue weighted by Crippen LogP contribution is -2.58. The number of hydrogen-bond acceptors (Lipinski definition) is 6. The zero-order valence-electron chi connectivity index (χ0n) is 20.2. The minimum Gasteiger partial charge on any atom is -0.481 e. The molecular weight excluding hydrogens is 482 g/mol. The summed E-state index contributed by atoms with van der Waals surface area (Å²) in [6.07, 6.45) is 3.28. The highest BCUT2D eigenvalue weighted by atomic mass is 16.4. The summed E-state index contributed by atoms with van der Waals surface area (Å²) < 4.78 is 0. The number of rotatable bonds is 10. The number of nitrogens with one attached hydrogen (secondary N) is 4. The van der Waals surface area contributed by atoms with Crippen LogP contribution >= 0.6 is 0 Å². The van der Waals surface area contributed by atoms with E-state index in [9.17, 15) is 34.2 Å². The van der Waals surface area contributed by atoms with E-state index in [0.29, 0.717) is 25.8 Å². The molecule has 2 aliphatic rings. The number of carboxylic acids is 2. The number of H-pyrrole nitrogens is 1. The molecule has 12 nitrogen and oxygen atoms in total. The van der Waals surface area contributed by atoms with Crippen molar-refractivity contribution >= 4 is 40.6 Å². The molecule has 0 radical (unpaired) electrons. The number of amides is 3. The van der Waals surface area contributed by atoms with Gasteiger partial charge in [0.15, 0.2) is 0 Å². The summed E-state index contributed by atoms with van der Waals surface area (Å²) >= 11 is 0. The Labute approximate surface area is 212 Å². The third-order valence-corrected chi connectivity index (χ3v) is 6.92. The largest absolute Gasteiger partial charge is 0.481 e. The van der Waals surface area contributed by atoms with Crippen LogP contribution in [0, 0.1) is 0 Å². The summed E-state index contributed by atoms with van der Waals surface area (Å²) in [5.74, 6) is -4.28. The fourth-order valence-corrected chi connectivity index (χ4v) is 5.04. The van der Waals surface area contributed by atoms with Crippen LogP contribution in [0.2, 0.25) is 0 Å². The number of aromatic nitrogens is 1. The van der Waals surface area contributed by atoms with Gasteiger partial charge in [0.1, 0.15) is 18.1 Å².